The third kappa shape index (κ3) is 7.64. The van der Waals surface area contributed by atoms with Crippen LogP contribution in [-0.2, 0) is 17.5 Å². The van der Waals surface area contributed by atoms with Crippen molar-refractivity contribution < 1.29 is 18.0 Å². The van der Waals surface area contributed by atoms with E-state index in [1.807, 2.05) is 20.8 Å². The Hall–Kier alpha value is -1.11. The summed E-state index contributed by atoms with van der Waals surface area (Å²) in [5, 5.41) is 4.28. The Morgan fingerprint density at radius 2 is 1.92 bits per heavy atom. The maximum atomic E-state index is 12.6. The van der Waals surface area contributed by atoms with Gasteiger partial charge in [-0.2, -0.15) is 13.2 Å². The largest absolute Gasteiger partial charge is 0.434 e. The van der Waals surface area contributed by atoms with Crippen LogP contribution in [0.4, 0.5) is 13.2 Å². The predicted molar refractivity (Wildman–Crippen MR) is 108 cm³/mol. The van der Waals surface area contributed by atoms with Crippen molar-refractivity contribution in [1.29, 1.82) is 0 Å². The number of nitrogens with one attached hydrogen (secondary N) is 1. The van der Waals surface area contributed by atoms with Crippen LogP contribution in [0.1, 0.15) is 31.5 Å². The molecular formula is C15H25F3IN5OS. The van der Waals surface area contributed by atoms with Gasteiger partial charge in [0.05, 0.1) is 13.1 Å². The fourth-order valence-corrected chi connectivity index (χ4v) is 2.80. The van der Waals surface area contributed by atoms with Gasteiger partial charge in [-0.1, -0.05) is 0 Å². The second-order valence-electron chi connectivity index (χ2n) is 5.22. The minimum absolute atomic E-state index is 0. The predicted octanol–water partition coefficient (Wildman–Crippen LogP) is 3.05. The summed E-state index contributed by atoms with van der Waals surface area (Å²) in [6, 6.07) is 0. The first-order valence-corrected chi connectivity index (χ1v) is 8.89. The van der Waals surface area contributed by atoms with Crippen molar-refractivity contribution >= 4 is 47.2 Å². The number of carbonyl (C=O) groups excluding carboxylic acids is 1. The molecule has 150 valence electrons. The Morgan fingerprint density at radius 3 is 2.38 bits per heavy atom. The SMILES string of the molecule is CCNC(=NCc1nc(C(F)(F)F)cs1)N(C)CC(=O)N(CC)CC.I. The highest BCUT2D eigenvalue weighted by Crippen LogP contribution is 2.30. The lowest BCUT2D eigenvalue weighted by Gasteiger charge is -2.25. The molecule has 0 saturated heterocycles. The van der Waals surface area contributed by atoms with Crippen molar-refractivity contribution in [2.45, 2.75) is 33.5 Å². The molecule has 11 heteroatoms. The molecule has 0 fully saturated rings. The van der Waals surface area contributed by atoms with Crippen molar-refractivity contribution in [2.24, 2.45) is 4.99 Å². The molecule has 1 N–H and O–H groups in total. The molecule has 0 aliphatic heterocycles. The molecule has 1 aromatic rings. The van der Waals surface area contributed by atoms with Gasteiger partial charge in [0.15, 0.2) is 11.7 Å². The summed E-state index contributed by atoms with van der Waals surface area (Å²) in [5.74, 6) is 0.415. The van der Waals surface area contributed by atoms with E-state index < -0.39 is 11.9 Å². The average Bonchev–Trinajstić information content (AvgIpc) is 3.01. The average molecular weight is 507 g/mol. The summed E-state index contributed by atoms with van der Waals surface area (Å²) < 4.78 is 37.7. The van der Waals surface area contributed by atoms with Gasteiger partial charge in [0.25, 0.3) is 0 Å². The maximum Gasteiger partial charge on any atom is 0.434 e. The number of carbonyl (C=O) groups is 1. The zero-order valence-electron chi connectivity index (χ0n) is 15.3. The molecular weight excluding hydrogens is 482 g/mol. The van der Waals surface area contributed by atoms with Crippen molar-refractivity contribution in [2.75, 3.05) is 33.2 Å². The van der Waals surface area contributed by atoms with Gasteiger partial charge >= 0.3 is 6.18 Å². The number of likely N-dealkylation sites (N-methyl/N-ethyl adjacent to an activating group) is 2. The summed E-state index contributed by atoms with van der Waals surface area (Å²) >= 11 is 0.915. The van der Waals surface area contributed by atoms with Crippen LogP contribution >= 0.6 is 35.3 Å². The van der Waals surface area contributed by atoms with E-state index in [1.165, 1.54) is 0 Å². The van der Waals surface area contributed by atoms with Crippen molar-refractivity contribution in [3.05, 3.63) is 16.1 Å². The van der Waals surface area contributed by atoms with Crippen LogP contribution in [0.2, 0.25) is 0 Å². The van der Waals surface area contributed by atoms with Crippen LogP contribution < -0.4 is 5.32 Å². The van der Waals surface area contributed by atoms with E-state index in [0.717, 1.165) is 16.7 Å². The lowest BCUT2D eigenvalue weighted by Crippen LogP contribution is -2.45. The number of hydrogen-bond acceptors (Lipinski definition) is 4. The second kappa shape index (κ2) is 11.6. The van der Waals surface area contributed by atoms with Crippen LogP contribution in [0.5, 0.6) is 0 Å². The summed E-state index contributed by atoms with van der Waals surface area (Å²) in [7, 11) is 1.71. The summed E-state index contributed by atoms with van der Waals surface area (Å²) in [5.41, 5.74) is -0.905. The topological polar surface area (TPSA) is 60.8 Å². The van der Waals surface area contributed by atoms with Crippen molar-refractivity contribution in [3.63, 3.8) is 0 Å². The fourth-order valence-electron chi connectivity index (χ4n) is 2.08. The van der Waals surface area contributed by atoms with E-state index in [2.05, 4.69) is 15.3 Å². The molecule has 1 rings (SSSR count). The normalized spacial score (nSPS) is 11.7. The highest BCUT2D eigenvalue weighted by Gasteiger charge is 2.33. The molecule has 1 aromatic heterocycles. The second-order valence-corrected chi connectivity index (χ2v) is 6.16. The highest BCUT2D eigenvalue weighted by atomic mass is 127. The van der Waals surface area contributed by atoms with Gasteiger partial charge in [0.1, 0.15) is 5.01 Å². The molecule has 0 aliphatic rings. The summed E-state index contributed by atoms with van der Waals surface area (Å²) in [4.78, 5) is 23.4. The number of hydrogen-bond donors (Lipinski definition) is 1. The van der Waals surface area contributed by atoms with Gasteiger partial charge in [-0.15, -0.1) is 35.3 Å². The van der Waals surface area contributed by atoms with E-state index in [1.54, 1.807) is 16.8 Å². The molecule has 1 amide bonds. The summed E-state index contributed by atoms with van der Waals surface area (Å²) in [6.45, 7) is 7.66. The number of aliphatic imine (C=N–C) groups is 1. The van der Waals surface area contributed by atoms with Gasteiger partial charge in [0, 0.05) is 32.1 Å². The number of thiazole rings is 1. The highest BCUT2D eigenvalue weighted by molar-refractivity contribution is 14.0. The molecule has 26 heavy (non-hydrogen) atoms. The molecule has 0 bridgehead atoms. The number of aromatic nitrogens is 1. The molecule has 0 spiro atoms. The quantitative estimate of drug-likeness (QED) is 0.350. The molecule has 0 unspecified atom stereocenters. The van der Waals surface area contributed by atoms with Crippen molar-refractivity contribution in [1.82, 2.24) is 20.1 Å². The van der Waals surface area contributed by atoms with Gasteiger partial charge in [-0.3, -0.25) is 4.79 Å². The smallest absolute Gasteiger partial charge is 0.357 e. The number of amides is 1. The Labute approximate surface area is 172 Å². The van der Waals surface area contributed by atoms with Crippen LogP contribution in [0.25, 0.3) is 0 Å². The fraction of sp³-hybridized carbons (Fsp3) is 0.667. The lowest BCUT2D eigenvalue weighted by molar-refractivity contribution is -0.140. The third-order valence-electron chi connectivity index (χ3n) is 3.39. The zero-order valence-corrected chi connectivity index (χ0v) is 18.4. The number of nitrogens with zero attached hydrogens (tertiary/aromatic N) is 4. The van der Waals surface area contributed by atoms with Gasteiger partial charge in [-0.25, -0.2) is 9.98 Å². The molecule has 0 aliphatic carbocycles. The monoisotopic (exact) mass is 507 g/mol. The molecule has 1 heterocycles. The molecule has 6 nitrogen and oxygen atoms in total. The van der Waals surface area contributed by atoms with Gasteiger partial charge < -0.3 is 15.1 Å². The van der Waals surface area contributed by atoms with E-state index in [-0.39, 0.29) is 48.0 Å². The van der Waals surface area contributed by atoms with Crippen molar-refractivity contribution in [3.8, 4) is 0 Å². The Morgan fingerprint density at radius 1 is 1.31 bits per heavy atom. The number of alkyl halides is 3. The van der Waals surface area contributed by atoms with E-state index in [9.17, 15) is 18.0 Å². The minimum Gasteiger partial charge on any atom is -0.357 e. The Kier molecular flexibility index (Phi) is 11.1. The number of halogens is 4. The standard InChI is InChI=1S/C15H24F3N5OS.HI/c1-5-19-14(22(4)9-13(24)23(6-2)7-3)20-8-12-21-11(10-25-12)15(16,17)18;/h10H,5-9H2,1-4H3,(H,19,20);1H. The molecule has 0 atom stereocenters. The molecule has 0 radical (unpaired) electrons. The third-order valence-corrected chi connectivity index (χ3v) is 4.22. The van der Waals surface area contributed by atoms with Gasteiger partial charge in [-0.05, 0) is 20.8 Å². The summed E-state index contributed by atoms with van der Waals surface area (Å²) in [6.07, 6.45) is -4.45. The molecule has 0 aromatic carbocycles. The Balaban J connectivity index is 0.00000625. The minimum atomic E-state index is -4.45. The lowest BCUT2D eigenvalue weighted by atomic mass is 10.4. The first-order valence-electron chi connectivity index (χ1n) is 8.01. The van der Waals surface area contributed by atoms with E-state index in [0.29, 0.717) is 25.6 Å². The molecule has 0 saturated carbocycles. The number of rotatable bonds is 7. The van der Waals surface area contributed by atoms with Crippen LogP contribution in [0.15, 0.2) is 10.4 Å². The Bertz CT molecular complexity index is 590. The van der Waals surface area contributed by atoms with Crippen LogP contribution in [-0.4, -0.2) is 59.9 Å². The van der Waals surface area contributed by atoms with E-state index in [4.69, 9.17) is 0 Å². The van der Waals surface area contributed by atoms with Crippen LogP contribution in [0, 0.1) is 0 Å². The van der Waals surface area contributed by atoms with Gasteiger partial charge in [0.2, 0.25) is 5.91 Å². The maximum absolute atomic E-state index is 12.6. The first kappa shape index (κ1) is 24.9. The first-order chi connectivity index (χ1) is 11.7. The van der Waals surface area contributed by atoms with E-state index >= 15 is 0 Å². The number of guanidine groups is 1. The zero-order chi connectivity index (χ0) is 19.0. The van der Waals surface area contributed by atoms with Crippen LogP contribution in [0.3, 0.4) is 0 Å².